The van der Waals surface area contributed by atoms with Gasteiger partial charge >= 0.3 is 0 Å². The number of fused-ring (bicyclic) bond motifs is 1. The molecule has 0 saturated heterocycles. The SMILES string of the molecule is CC1c2ccsc2CCN1CCC(N)c1ccc(F)cn1. The van der Waals surface area contributed by atoms with E-state index in [0.717, 1.165) is 31.6 Å². The fraction of sp³-hybridized carbons (Fsp3) is 0.438. The van der Waals surface area contributed by atoms with Crippen LogP contribution in [-0.4, -0.2) is 23.0 Å². The van der Waals surface area contributed by atoms with E-state index in [1.165, 1.54) is 22.7 Å². The summed E-state index contributed by atoms with van der Waals surface area (Å²) in [6, 6.07) is 5.65. The van der Waals surface area contributed by atoms with Crippen LogP contribution in [0.4, 0.5) is 4.39 Å². The van der Waals surface area contributed by atoms with E-state index in [9.17, 15) is 4.39 Å². The van der Waals surface area contributed by atoms with Crippen LogP contribution in [0.25, 0.3) is 0 Å². The van der Waals surface area contributed by atoms with Gasteiger partial charge in [-0.2, -0.15) is 0 Å². The van der Waals surface area contributed by atoms with Crippen molar-refractivity contribution in [2.45, 2.75) is 31.8 Å². The minimum atomic E-state index is -0.319. The van der Waals surface area contributed by atoms with E-state index in [1.54, 1.807) is 6.07 Å². The molecule has 1 aliphatic heterocycles. The second kappa shape index (κ2) is 6.22. The molecular formula is C16H20FN3S. The summed E-state index contributed by atoms with van der Waals surface area (Å²) in [4.78, 5) is 8.06. The average molecular weight is 305 g/mol. The zero-order valence-electron chi connectivity index (χ0n) is 12.1. The third-order valence-electron chi connectivity index (χ3n) is 4.26. The Labute approximate surface area is 128 Å². The molecule has 21 heavy (non-hydrogen) atoms. The molecule has 3 nitrogen and oxygen atoms in total. The maximum absolute atomic E-state index is 12.9. The van der Waals surface area contributed by atoms with Crippen LogP contribution in [0.2, 0.25) is 0 Å². The molecule has 3 rings (SSSR count). The molecule has 0 radical (unpaired) electrons. The molecule has 2 N–H and O–H groups in total. The van der Waals surface area contributed by atoms with Crippen molar-refractivity contribution in [1.29, 1.82) is 0 Å². The molecule has 0 saturated carbocycles. The van der Waals surface area contributed by atoms with Crippen LogP contribution in [0, 0.1) is 5.82 Å². The van der Waals surface area contributed by atoms with Crippen molar-refractivity contribution in [1.82, 2.24) is 9.88 Å². The number of nitrogens with zero attached hydrogens (tertiary/aromatic N) is 2. The Morgan fingerprint density at radius 2 is 2.33 bits per heavy atom. The number of hydrogen-bond acceptors (Lipinski definition) is 4. The second-order valence-electron chi connectivity index (χ2n) is 5.56. The Bertz CT molecular complexity index is 596. The van der Waals surface area contributed by atoms with E-state index >= 15 is 0 Å². The number of halogens is 1. The van der Waals surface area contributed by atoms with E-state index in [0.29, 0.717) is 6.04 Å². The third-order valence-corrected chi connectivity index (χ3v) is 5.26. The van der Waals surface area contributed by atoms with Gasteiger partial charge in [-0.05, 0) is 48.9 Å². The first-order chi connectivity index (χ1) is 10.1. The summed E-state index contributed by atoms with van der Waals surface area (Å²) in [7, 11) is 0. The third kappa shape index (κ3) is 3.15. The number of hydrogen-bond donors (Lipinski definition) is 1. The zero-order valence-corrected chi connectivity index (χ0v) is 12.9. The molecule has 0 spiro atoms. The van der Waals surface area contributed by atoms with Crippen molar-refractivity contribution >= 4 is 11.3 Å². The molecule has 0 bridgehead atoms. The summed E-state index contributed by atoms with van der Waals surface area (Å²) < 4.78 is 12.9. The van der Waals surface area contributed by atoms with Crippen LogP contribution >= 0.6 is 11.3 Å². The lowest BCUT2D eigenvalue weighted by molar-refractivity contribution is 0.193. The molecule has 2 unspecified atom stereocenters. The van der Waals surface area contributed by atoms with Gasteiger partial charge in [-0.1, -0.05) is 0 Å². The molecule has 0 aliphatic carbocycles. The molecule has 2 aromatic rings. The van der Waals surface area contributed by atoms with Crippen molar-refractivity contribution < 1.29 is 4.39 Å². The lowest BCUT2D eigenvalue weighted by atomic mass is 10.0. The molecule has 0 aromatic carbocycles. The molecule has 0 amide bonds. The first-order valence-electron chi connectivity index (χ1n) is 7.32. The van der Waals surface area contributed by atoms with Crippen LogP contribution in [0.15, 0.2) is 29.8 Å². The molecule has 2 aromatic heterocycles. The predicted molar refractivity (Wildman–Crippen MR) is 83.8 cm³/mol. The summed E-state index contributed by atoms with van der Waals surface area (Å²) in [6.07, 6.45) is 3.19. The van der Waals surface area contributed by atoms with Crippen LogP contribution in [-0.2, 0) is 6.42 Å². The van der Waals surface area contributed by atoms with Gasteiger partial charge in [0.05, 0.1) is 11.9 Å². The Kier molecular flexibility index (Phi) is 4.33. The van der Waals surface area contributed by atoms with Crippen molar-refractivity contribution in [2.24, 2.45) is 5.73 Å². The molecular weight excluding hydrogens is 285 g/mol. The Balaban J connectivity index is 1.59. The number of pyridine rings is 1. The maximum Gasteiger partial charge on any atom is 0.141 e. The summed E-state index contributed by atoms with van der Waals surface area (Å²) >= 11 is 1.86. The smallest absolute Gasteiger partial charge is 0.141 e. The summed E-state index contributed by atoms with van der Waals surface area (Å²) in [5.41, 5.74) is 8.39. The van der Waals surface area contributed by atoms with E-state index in [4.69, 9.17) is 5.73 Å². The monoisotopic (exact) mass is 305 g/mol. The van der Waals surface area contributed by atoms with Crippen LogP contribution < -0.4 is 5.73 Å². The quantitative estimate of drug-likeness (QED) is 0.942. The fourth-order valence-electron chi connectivity index (χ4n) is 2.93. The average Bonchev–Trinajstić information content (AvgIpc) is 2.96. The highest BCUT2D eigenvalue weighted by molar-refractivity contribution is 7.10. The zero-order chi connectivity index (χ0) is 14.8. The predicted octanol–water partition coefficient (Wildman–Crippen LogP) is 3.29. The van der Waals surface area contributed by atoms with E-state index in [1.807, 2.05) is 11.3 Å². The molecule has 2 atom stereocenters. The van der Waals surface area contributed by atoms with Gasteiger partial charge in [-0.15, -0.1) is 11.3 Å². The molecule has 5 heteroatoms. The second-order valence-corrected chi connectivity index (χ2v) is 6.56. The minimum absolute atomic E-state index is 0.137. The van der Waals surface area contributed by atoms with E-state index in [2.05, 4.69) is 28.3 Å². The van der Waals surface area contributed by atoms with E-state index < -0.39 is 0 Å². The maximum atomic E-state index is 12.9. The lowest BCUT2D eigenvalue weighted by Crippen LogP contribution is -2.35. The minimum Gasteiger partial charge on any atom is -0.323 e. The highest BCUT2D eigenvalue weighted by atomic mass is 32.1. The van der Waals surface area contributed by atoms with Crippen molar-refractivity contribution in [3.8, 4) is 0 Å². The first-order valence-corrected chi connectivity index (χ1v) is 8.20. The fourth-order valence-corrected chi connectivity index (χ4v) is 3.89. The van der Waals surface area contributed by atoms with Crippen molar-refractivity contribution in [3.63, 3.8) is 0 Å². The highest BCUT2D eigenvalue weighted by Crippen LogP contribution is 2.33. The van der Waals surface area contributed by atoms with Gasteiger partial charge in [0.2, 0.25) is 0 Å². The topological polar surface area (TPSA) is 42.1 Å². The van der Waals surface area contributed by atoms with Gasteiger partial charge in [0.15, 0.2) is 0 Å². The Hall–Kier alpha value is -1.30. The van der Waals surface area contributed by atoms with Crippen LogP contribution in [0.1, 0.15) is 41.6 Å². The Morgan fingerprint density at radius 3 is 3.10 bits per heavy atom. The van der Waals surface area contributed by atoms with Gasteiger partial charge in [-0.25, -0.2) is 4.39 Å². The molecule has 3 heterocycles. The van der Waals surface area contributed by atoms with Crippen molar-refractivity contribution in [3.05, 3.63) is 51.7 Å². The Morgan fingerprint density at radius 1 is 1.48 bits per heavy atom. The van der Waals surface area contributed by atoms with Crippen molar-refractivity contribution in [2.75, 3.05) is 13.1 Å². The van der Waals surface area contributed by atoms with Gasteiger partial charge in [-0.3, -0.25) is 9.88 Å². The molecule has 0 fully saturated rings. The normalized spacial score (nSPS) is 20.2. The molecule has 112 valence electrons. The summed E-state index contributed by atoms with van der Waals surface area (Å²) in [5, 5.41) is 2.18. The number of nitrogens with two attached hydrogens (primary N) is 1. The van der Waals surface area contributed by atoms with E-state index in [-0.39, 0.29) is 11.9 Å². The lowest BCUT2D eigenvalue weighted by Gasteiger charge is -2.34. The highest BCUT2D eigenvalue weighted by Gasteiger charge is 2.24. The first kappa shape index (κ1) is 14.6. The van der Waals surface area contributed by atoms with Gasteiger partial charge < -0.3 is 5.73 Å². The van der Waals surface area contributed by atoms with Crippen LogP contribution in [0.5, 0.6) is 0 Å². The number of aromatic nitrogens is 1. The largest absolute Gasteiger partial charge is 0.323 e. The van der Waals surface area contributed by atoms with Gasteiger partial charge in [0.1, 0.15) is 5.82 Å². The molecule has 1 aliphatic rings. The standard InChI is InChI=1S/C16H20FN3S/c1-11-13-6-9-21-16(13)5-8-20(11)7-4-14(18)15-3-2-12(17)10-19-15/h2-3,6,9-11,14H,4-5,7-8,18H2,1H3. The summed E-state index contributed by atoms with van der Waals surface area (Å²) in [5.74, 6) is -0.319. The number of thiophene rings is 1. The summed E-state index contributed by atoms with van der Waals surface area (Å²) in [6.45, 7) is 4.28. The van der Waals surface area contributed by atoms with Crippen LogP contribution in [0.3, 0.4) is 0 Å². The number of rotatable bonds is 4. The van der Waals surface area contributed by atoms with Gasteiger partial charge in [0, 0.05) is 30.1 Å². The van der Waals surface area contributed by atoms with Gasteiger partial charge in [0.25, 0.3) is 0 Å².